The van der Waals surface area contributed by atoms with Gasteiger partial charge >= 0.3 is 0 Å². The Bertz CT molecular complexity index is 2020. The first-order chi connectivity index (χ1) is 25.9. The van der Waals surface area contributed by atoms with Crippen molar-refractivity contribution in [3.05, 3.63) is 101 Å². The van der Waals surface area contributed by atoms with E-state index in [-0.39, 0.29) is 48.9 Å². The third kappa shape index (κ3) is 11.1. The van der Waals surface area contributed by atoms with E-state index in [2.05, 4.69) is 101 Å². The summed E-state index contributed by atoms with van der Waals surface area (Å²) in [5, 5.41) is 13.7. The number of allylic oxidation sites excluding steroid dienone is 2. The molecule has 55 heavy (non-hydrogen) atoms. The minimum atomic E-state index is 0. The molecular weight excluding hydrogens is 871 g/mol. The predicted octanol–water partition coefficient (Wildman–Crippen LogP) is 15.2. The number of ketones is 1. The Labute approximate surface area is 349 Å². The number of thiophene rings is 1. The number of aromatic nitrogens is 1. The van der Waals surface area contributed by atoms with Gasteiger partial charge in [0, 0.05) is 59.5 Å². The van der Waals surface area contributed by atoms with Crippen LogP contribution in [0.3, 0.4) is 0 Å². The molecule has 1 radical (unpaired) electrons. The van der Waals surface area contributed by atoms with Gasteiger partial charge in [0.2, 0.25) is 0 Å². The molecule has 3 aromatic carbocycles. The first kappa shape index (κ1) is 44.6. The van der Waals surface area contributed by atoms with Crippen molar-refractivity contribution in [3.63, 3.8) is 0 Å². The molecule has 0 spiro atoms. The van der Waals surface area contributed by atoms with Gasteiger partial charge in [-0.15, -0.1) is 40.5 Å². The fourth-order valence-corrected chi connectivity index (χ4v) is 9.79. The second-order valence-electron chi connectivity index (χ2n) is 17.0. The number of pyridine rings is 1. The van der Waals surface area contributed by atoms with Crippen LogP contribution in [0.2, 0.25) is 0 Å². The van der Waals surface area contributed by atoms with Gasteiger partial charge in [0.05, 0.1) is 5.76 Å². The zero-order valence-electron chi connectivity index (χ0n) is 34.9. The number of hydrogen-bond donors (Lipinski definition) is 1. The Morgan fingerprint density at radius 2 is 1.53 bits per heavy atom. The third-order valence-corrected chi connectivity index (χ3v) is 12.6. The molecule has 1 aliphatic carbocycles. The summed E-state index contributed by atoms with van der Waals surface area (Å²) >= 11 is 1.91. The number of aliphatic hydroxyl groups is 1. The van der Waals surface area contributed by atoms with E-state index >= 15 is 0 Å². The molecule has 0 bridgehead atoms. The predicted molar refractivity (Wildman–Crippen MR) is 234 cm³/mol. The molecule has 0 amide bonds. The van der Waals surface area contributed by atoms with Crippen molar-refractivity contribution < 1.29 is 30.0 Å². The van der Waals surface area contributed by atoms with E-state index in [1.165, 1.54) is 86.2 Å². The van der Waals surface area contributed by atoms with Crippen molar-refractivity contribution in [3.8, 4) is 21.7 Å². The summed E-state index contributed by atoms with van der Waals surface area (Å²) in [4.78, 5) is 18.1. The molecule has 2 heterocycles. The Morgan fingerprint density at radius 3 is 2.13 bits per heavy atom. The monoisotopic (exact) mass is 935 g/mol. The van der Waals surface area contributed by atoms with Crippen LogP contribution in [0.5, 0.6) is 0 Å². The number of fused-ring (bicyclic) bond motifs is 2. The van der Waals surface area contributed by atoms with Crippen LogP contribution in [0.25, 0.3) is 42.6 Å². The molecule has 2 aromatic heterocycles. The number of hydrogen-bond acceptors (Lipinski definition) is 4. The molecule has 5 heteroatoms. The topological polar surface area (TPSA) is 50.2 Å². The van der Waals surface area contributed by atoms with Gasteiger partial charge in [0.25, 0.3) is 0 Å². The van der Waals surface area contributed by atoms with Crippen LogP contribution in [0.4, 0.5) is 0 Å². The van der Waals surface area contributed by atoms with E-state index in [0.29, 0.717) is 11.8 Å². The molecule has 0 unspecified atom stereocenters. The summed E-state index contributed by atoms with van der Waals surface area (Å²) in [7, 11) is 0. The molecule has 1 saturated carbocycles. The van der Waals surface area contributed by atoms with Gasteiger partial charge in [-0.3, -0.25) is 9.78 Å². The fourth-order valence-electron chi connectivity index (χ4n) is 8.33. The van der Waals surface area contributed by atoms with E-state index in [1.807, 2.05) is 45.2 Å². The summed E-state index contributed by atoms with van der Waals surface area (Å²) in [6.07, 6.45) is 14.6. The Kier molecular flexibility index (Phi) is 16.5. The maximum absolute atomic E-state index is 11.7. The van der Waals surface area contributed by atoms with Gasteiger partial charge in [0.15, 0.2) is 5.78 Å². The van der Waals surface area contributed by atoms with Crippen LogP contribution in [0.1, 0.15) is 149 Å². The summed E-state index contributed by atoms with van der Waals surface area (Å²) in [6.45, 7) is 19.6. The summed E-state index contributed by atoms with van der Waals surface area (Å²) in [5.74, 6) is 1.61. The first-order valence-corrected chi connectivity index (χ1v) is 21.6. The van der Waals surface area contributed by atoms with Crippen molar-refractivity contribution in [2.45, 2.75) is 138 Å². The van der Waals surface area contributed by atoms with Crippen molar-refractivity contribution in [1.82, 2.24) is 4.98 Å². The van der Waals surface area contributed by atoms with Crippen molar-refractivity contribution >= 4 is 38.0 Å². The van der Waals surface area contributed by atoms with Gasteiger partial charge in [-0.25, -0.2) is 0 Å². The Morgan fingerprint density at radius 1 is 0.891 bits per heavy atom. The summed E-state index contributed by atoms with van der Waals surface area (Å²) < 4.78 is 1.29. The number of rotatable bonds is 12. The number of aliphatic hydroxyl groups excluding tert-OH is 1. The van der Waals surface area contributed by atoms with Gasteiger partial charge in [0.1, 0.15) is 0 Å². The van der Waals surface area contributed by atoms with Gasteiger partial charge in [-0.05, 0) is 90.3 Å². The average molecular weight is 935 g/mol. The van der Waals surface area contributed by atoms with Gasteiger partial charge in [-0.1, -0.05) is 135 Å². The molecule has 0 atom stereocenters. The molecule has 0 aliphatic heterocycles. The quantitative estimate of drug-likeness (QED) is 0.0770. The van der Waals surface area contributed by atoms with E-state index in [1.54, 1.807) is 0 Å². The van der Waals surface area contributed by atoms with Gasteiger partial charge < -0.3 is 5.11 Å². The molecule has 5 aromatic rings. The van der Waals surface area contributed by atoms with Crippen LogP contribution in [-0.2, 0) is 31.3 Å². The standard InChI is InChI=1S/C37H40NS.C13H24O2.Ir/c1-24(2)33-31-19-20-38-34(36(31)39-35(33)27-17-15-25(16-18-27)23-37(3,4)5)29-21-28-13-9-10-14-30(28)32(22-29)26-11-7-6-8-12-26;1-5-10(6-2)12(14)9-13(15)11(7-3)8-4;/h9-10,13-20,22,24,26H,6-8,11-12,23H2,1-5H3;9-11,14H,5-8H2,1-4H3;/q-1;;/b;12-9-;. The van der Waals surface area contributed by atoms with Crippen molar-refractivity contribution in [2.24, 2.45) is 17.3 Å². The van der Waals surface area contributed by atoms with E-state index in [0.717, 1.165) is 43.4 Å². The first-order valence-electron chi connectivity index (χ1n) is 20.8. The zero-order chi connectivity index (χ0) is 39.0. The smallest absolute Gasteiger partial charge is 0.162 e. The fraction of sp³-hybridized carbons (Fsp3) is 0.480. The van der Waals surface area contributed by atoms with Gasteiger partial charge in [-0.2, -0.15) is 0 Å². The van der Waals surface area contributed by atoms with Crippen LogP contribution < -0.4 is 0 Å². The molecule has 1 fully saturated rings. The number of carbonyl (C=O) groups excluding carboxylic acids is 1. The normalized spacial score (nSPS) is 14.1. The second kappa shape index (κ2) is 20.4. The number of benzene rings is 3. The molecule has 1 N–H and O–H groups in total. The molecule has 6 rings (SSSR count). The molecule has 297 valence electrons. The minimum Gasteiger partial charge on any atom is -0.512 e. The maximum Gasteiger partial charge on any atom is 0.162 e. The average Bonchev–Trinajstić information content (AvgIpc) is 3.56. The number of carbonyl (C=O) groups is 1. The molecule has 1 aliphatic rings. The van der Waals surface area contributed by atoms with Crippen LogP contribution in [-0.4, -0.2) is 15.9 Å². The Hall–Kier alpha value is -3.11. The third-order valence-electron chi connectivity index (χ3n) is 11.4. The molecule has 0 saturated heterocycles. The molecule has 3 nitrogen and oxygen atoms in total. The van der Waals surface area contributed by atoms with E-state index in [9.17, 15) is 9.90 Å². The SMILES string of the molecule is CC(C)c1c(-c2ccc(CC(C)(C)C)cc2)sc2c(-c3[c-]c4ccccc4c(C4CCCCC4)c3)nccc12.CCC(CC)C(=O)/C=C(\O)C(CC)CC.[Ir]. The van der Waals surface area contributed by atoms with E-state index < -0.39 is 0 Å². The molecular formula is C50H64IrNO2S-. The van der Waals surface area contributed by atoms with E-state index in [4.69, 9.17) is 4.98 Å². The minimum absolute atomic E-state index is 0. The maximum atomic E-state index is 11.7. The van der Waals surface area contributed by atoms with Crippen molar-refractivity contribution in [2.75, 3.05) is 0 Å². The summed E-state index contributed by atoms with van der Waals surface area (Å²) in [5.41, 5.74) is 8.16. The largest absolute Gasteiger partial charge is 0.512 e. The van der Waals surface area contributed by atoms with Crippen LogP contribution >= 0.6 is 11.3 Å². The van der Waals surface area contributed by atoms with Crippen molar-refractivity contribution in [1.29, 1.82) is 0 Å². The second-order valence-corrected chi connectivity index (χ2v) is 18.0. The van der Waals surface area contributed by atoms with Crippen LogP contribution in [0.15, 0.2) is 78.7 Å². The number of nitrogens with zero attached hydrogens (tertiary/aromatic N) is 1. The Balaban J connectivity index is 0.000000360. The zero-order valence-corrected chi connectivity index (χ0v) is 38.1. The summed E-state index contributed by atoms with van der Waals surface area (Å²) in [6, 6.07) is 26.6. The van der Waals surface area contributed by atoms with Crippen LogP contribution in [0, 0.1) is 23.3 Å².